The van der Waals surface area contributed by atoms with Gasteiger partial charge in [-0.15, -0.1) is 0 Å². The van der Waals surface area contributed by atoms with Crippen LogP contribution < -0.4 is 5.73 Å². The fourth-order valence-electron chi connectivity index (χ4n) is 1.73. The van der Waals surface area contributed by atoms with Crippen molar-refractivity contribution in [2.75, 3.05) is 0 Å². The summed E-state index contributed by atoms with van der Waals surface area (Å²) in [4.78, 5) is 12.2. The molecule has 19 heavy (non-hydrogen) atoms. The predicted octanol–water partition coefficient (Wildman–Crippen LogP) is 3.51. The van der Waals surface area contributed by atoms with Crippen molar-refractivity contribution < 1.29 is 4.92 Å². The van der Waals surface area contributed by atoms with Crippen molar-refractivity contribution in [1.29, 1.82) is 0 Å². The molecule has 0 saturated carbocycles. The summed E-state index contributed by atoms with van der Waals surface area (Å²) in [5.41, 5.74) is 8.10. The largest absolute Gasteiger partial charge is 0.326 e. The number of rotatable bonds is 4. The van der Waals surface area contributed by atoms with Crippen molar-refractivity contribution in [3.63, 3.8) is 0 Å². The smallest absolute Gasteiger partial charge is 0.269 e. The Morgan fingerprint density at radius 3 is 2.47 bits per heavy atom. The number of benzene rings is 2. The van der Waals surface area contributed by atoms with Gasteiger partial charge in [0.05, 0.1) is 4.92 Å². The van der Waals surface area contributed by atoms with Gasteiger partial charge in [0, 0.05) is 28.5 Å². The molecule has 2 N–H and O–H groups in total. The minimum Gasteiger partial charge on any atom is -0.326 e. The number of hydrogen-bond donors (Lipinski definition) is 1. The van der Waals surface area contributed by atoms with Crippen molar-refractivity contribution >= 4 is 17.4 Å². The van der Waals surface area contributed by atoms with Crippen LogP contribution >= 0.6 is 11.8 Å². The molecule has 4 nitrogen and oxygen atoms in total. The molecule has 0 fully saturated rings. The van der Waals surface area contributed by atoms with Gasteiger partial charge in [-0.1, -0.05) is 29.5 Å². The van der Waals surface area contributed by atoms with Gasteiger partial charge >= 0.3 is 0 Å². The van der Waals surface area contributed by atoms with Gasteiger partial charge in [-0.2, -0.15) is 0 Å². The normalized spacial score (nSPS) is 10.4. The molecule has 0 saturated heterocycles. The fraction of sp³-hybridized carbons (Fsp3) is 0.143. The molecule has 0 aliphatic carbocycles. The van der Waals surface area contributed by atoms with E-state index in [1.807, 2.05) is 19.1 Å². The van der Waals surface area contributed by atoms with Gasteiger partial charge in [-0.05, 0) is 30.7 Å². The van der Waals surface area contributed by atoms with Crippen LogP contribution in [0.5, 0.6) is 0 Å². The van der Waals surface area contributed by atoms with E-state index < -0.39 is 4.92 Å². The van der Waals surface area contributed by atoms with Crippen LogP contribution in [-0.4, -0.2) is 4.92 Å². The first-order chi connectivity index (χ1) is 9.10. The SMILES string of the molecule is Cc1ccc(Sc2ccc([N+](=O)[O-])cc2)c(CN)c1. The summed E-state index contributed by atoms with van der Waals surface area (Å²) in [6.45, 7) is 2.51. The van der Waals surface area contributed by atoms with Gasteiger partial charge in [0.25, 0.3) is 5.69 Å². The van der Waals surface area contributed by atoms with E-state index in [-0.39, 0.29) is 5.69 Å². The van der Waals surface area contributed by atoms with Crippen LogP contribution in [0, 0.1) is 17.0 Å². The van der Waals surface area contributed by atoms with Crippen molar-refractivity contribution in [1.82, 2.24) is 0 Å². The summed E-state index contributed by atoms with van der Waals surface area (Å²) in [7, 11) is 0. The first-order valence-electron chi connectivity index (χ1n) is 5.82. The maximum atomic E-state index is 10.6. The molecule has 0 amide bonds. The minimum atomic E-state index is -0.397. The Bertz CT molecular complexity index is 597. The summed E-state index contributed by atoms with van der Waals surface area (Å²) in [5.74, 6) is 0. The lowest BCUT2D eigenvalue weighted by molar-refractivity contribution is -0.384. The molecule has 2 aromatic carbocycles. The number of non-ortho nitro benzene ring substituents is 1. The maximum absolute atomic E-state index is 10.6. The zero-order valence-electron chi connectivity index (χ0n) is 10.5. The Hall–Kier alpha value is -1.85. The van der Waals surface area contributed by atoms with Crippen LogP contribution in [0.4, 0.5) is 5.69 Å². The van der Waals surface area contributed by atoms with Crippen molar-refractivity contribution in [2.24, 2.45) is 5.73 Å². The second-order valence-electron chi connectivity index (χ2n) is 4.17. The van der Waals surface area contributed by atoms with Gasteiger partial charge in [-0.25, -0.2) is 0 Å². The third-order valence-electron chi connectivity index (χ3n) is 2.71. The van der Waals surface area contributed by atoms with Gasteiger partial charge in [-0.3, -0.25) is 10.1 Å². The molecule has 0 heterocycles. The monoisotopic (exact) mass is 274 g/mol. The van der Waals surface area contributed by atoms with Crippen molar-refractivity contribution in [2.45, 2.75) is 23.3 Å². The van der Waals surface area contributed by atoms with Crippen LogP contribution in [0.1, 0.15) is 11.1 Å². The quantitative estimate of drug-likeness (QED) is 0.684. The topological polar surface area (TPSA) is 69.2 Å². The Balaban J connectivity index is 2.23. The van der Waals surface area contributed by atoms with E-state index in [1.165, 1.54) is 17.7 Å². The Labute approximate surface area is 115 Å². The van der Waals surface area contributed by atoms with Crippen molar-refractivity contribution in [3.8, 4) is 0 Å². The average molecular weight is 274 g/mol. The summed E-state index contributed by atoms with van der Waals surface area (Å²) < 4.78 is 0. The summed E-state index contributed by atoms with van der Waals surface area (Å²) in [6.07, 6.45) is 0. The number of hydrogen-bond acceptors (Lipinski definition) is 4. The Morgan fingerprint density at radius 1 is 1.21 bits per heavy atom. The highest BCUT2D eigenvalue weighted by molar-refractivity contribution is 7.99. The molecule has 0 aliphatic rings. The maximum Gasteiger partial charge on any atom is 0.269 e. The summed E-state index contributed by atoms with van der Waals surface area (Å²) >= 11 is 1.57. The first-order valence-corrected chi connectivity index (χ1v) is 6.63. The molecule has 0 unspecified atom stereocenters. The van der Waals surface area contributed by atoms with E-state index in [4.69, 9.17) is 5.73 Å². The van der Waals surface area contributed by atoms with Gasteiger partial charge < -0.3 is 5.73 Å². The third-order valence-corrected chi connectivity index (χ3v) is 3.84. The second-order valence-corrected chi connectivity index (χ2v) is 5.28. The molecule has 2 rings (SSSR count). The molecule has 0 atom stereocenters. The molecule has 0 bridgehead atoms. The van der Waals surface area contributed by atoms with E-state index in [0.29, 0.717) is 6.54 Å². The lowest BCUT2D eigenvalue weighted by Crippen LogP contribution is -1.98. The summed E-state index contributed by atoms with van der Waals surface area (Å²) in [5, 5.41) is 10.6. The molecule has 98 valence electrons. The number of nitrogens with zero attached hydrogens (tertiary/aromatic N) is 1. The number of nitro groups is 1. The molecular weight excluding hydrogens is 260 g/mol. The fourth-order valence-corrected chi connectivity index (χ4v) is 2.67. The lowest BCUT2D eigenvalue weighted by Gasteiger charge is -2.08. The highest BCUT2D eigenvalue weighted by atomic mass is 32.2. The number of nitro benzene ring substituents is 1. The Kier molecular flexibility index (Phi) is 4.19. The minimum absolute atomic E-state index is 0.104. The highest BCUT2D eigenvalue weighted by Crippen LogP contribution is 2.31. The van der Waals surface area contributed by atoms with Crippen LogP contribution in [0.25, 0.3) is 0 Å². The van der Waals surface area contributed by atoms with E-state index in [1.54, 1.807) is 23.9 Å². The van der Waals surface area contributed by atoms with E-state index in [9.17, 15) is 10.1 Å². The van der Waals surface area contributed by atoms with Gasteiger partial charge in [0.2, 0.25) is 0 Å². The standard InChI is InChI=1S/C14H14N2O2S/c1-10-2-7-14(11(8-10)9-15)19-13-5-3-12(4-6-13)16(17)18/h2-8H,9,15H2,1H3. The van der Waals surface area contributed by atoms with Gasteiger partial charge in [0.15, 0.2) is 0 Å². The predicted molar refractivity (Wildman–Crippen MR) is 76.3 cm³/mol. The Morgan fingerprint density at radius 2 is 1.89 bits per heavy atom. The van der Waals surface area contributed by atoms with Crippen LogP contribution in [-0.2, 0) is 6.54 Å². The lowest BCUT2D eigenvalue weighted by atomic mass is 10.1. The van der Waals surface area contributed by atoms with Gasteiger partial charge in [0.1, 0.15) is 0 Å². The molecule has 0 aliphatic heterocycles. The molecule has 2 aromatic rings. The zero-order valence-corrected chi connectivity index (χ0v) is 11.3. The van der Waals surface area contributed by atoms with Crippen LogP contribution in [0.15, 0.2) is 52.3 Å². The van der Waals surface area contributed by atoms with E-state index in [2.05, 4.69) is 6.07 Å². The summed E-state index contributed by atoms with van der Waals surface area (Å²) in [6, 6.07) is 12.7. The number of nitrogens with two attached hydrogens (primary N) is 1. The highest BCUT2D eigenvalue weighted by Gasteiger charge is 2.07. The molecule has 0 aromatic heterocycles. The average Bonchev–Trinajstić information content (AvgIpc) is 2.41. The number of aryl methyl sites for hydroxylation is 1. The molecule has 5 heteroatoms. The zero-order chi connectivity index (χ0) is 13.8. The molecular formula is C14H14N2O2S. The van der Waals surface area contributed by atoms with Crippen LogP contribution in [0.2, 0.25) is 0 Å². The molecule has 0 spiro atoms. The van der Waals surface area contributed by atoms with E-state index >= 15 is 0 Å². The van der Waals surface area contributed by atoms with E-state index in [0.717, 1.165) is 15.4 Å². The second kappa shape index (κ2) is 5.86. The first kappa shape index (κ1) is 13.6. The van der Waals surface area contributed by atoms with Crippen molar-refractivity contribution in [3.05, 3.63) is 63.7 Å². The third kappa shape index (κ3) is 3.33. The van der Waals surface area contributed by atoms with Crippen LogP contribution in [0.3, 0.4) is 0 Å². The molecule has 0 radical (unpaired) electrons.